The van der Waals surface area contributed by atoms with Gasteiger partial charge < -0.3 is 19.9 Å². The zero-order valence-electron chi connectivity index (χ0n) is 14.2. The maximum absolute atomic E-state index is 10.2. The van der Waals surface area contributed by atoms with Crippen LogP contribution >= 0.6 is 0 Å². The van der Waals surface area contributed by atoms with Gasteiger partial charge in [0, 0.05) is 16.8 Å². The van der Waals surface area contributed by atoms with E-state index in [4.69, 9.17) is 9.47 Å². The molecule has 0 amide bonds. The highest BCUT2D eigenvalue weighted by Crippen LogP contribution is 2.36. The number of rotatable bonds is 4. The van der Waals surface area contributed by atoms with Gasteiger partial charge in [0.05, 0.1) is 12.2 Å². The molecular weight excluding hydrogens is 316 g/mol. The van der Waals surface area contributed by atoms with Gasteiger partial charge in [-0.1, -0.05) is 31.5 Å². The van der Waals surface area contributed by atoms with Crippen LogP contribution in [0.15, 0.2) is 48.5 Å². The molecule has 0 fully saturated rings. The Bertz CT molecular complexity index is 803. The highest BCUT2D eigenvalue weighted by Gasteiger charge is 2.25. The Labute approximate surface area is 147 Å². The van der Waals surface area contributed by atoms with Crippen LogP contribution < -0.4 is 20.1 Å². The van der Waals surface area contributed by atoms with Gasteiger partial charge in [-0.05, 0) is 36.8 Å². The quantitative estimate of drug-likeness (QED) is 0.796. The molecule has 2 atom stereocenters. The largest absolute Gasteiger partial charge is 0.508 e. The SMILES string of the molecule is CCCC1NC(c2ccc3c(c2)OCO3)=CC(c2ccccc2O)N1. The third kappa shape index (κ3) is 3.15. The maximum Gasteiger partial charge on any atom is 0.231 e. The molecule has 130 valence electrons. The highest BCUT2D eigenvalue weighted by molar-refractivity contribution is 5.69. The second-order valence-electron chi connectivity index (χ2n) is 6.34. The summed E-state index contributed by atoms with van der Waals surface area (Å²) in [5.74, 6) is 1.85. The van der Waals surface area contributed by atoms with Crippen LogP contribution in [0.3, 0.4) is 0 Å². The molecule has 2 aliphatic heterocycles. The fraction of sp³-hybridized carbons (Fsp3) is 0.300. The summed E-state index contributed by atoms with van der Waals surface area (Å²) in [7, 11) is 0. The van der Waals surface area contributed by atoms with E-state index in [-0.39, 0.29) is 19.0 Å². The van der Waals surface area contributed by atoms with Crippen molar-refractivity contribution in [1.82, 2.24) is 10.6 Å². The Morgan fingerprint density at radius 1 is 1.12 bits per heavy atom. The Kier molecular flexibility index (Phi) is 4.24. The summed E-state index contributed by atoms with van der Waals surface area (Å²) in [6.07, 6.45) is 4.30. The van der Waals surface area contributed by atoms with Crippen LogP contribution in [0, 0.1) is 0 Å². The van der Waals surface area contributed by atoms with Crippen molar-refractivity contribution in [3.8, 4) is 17.2 Å². The first-order valence-electron chi connectivity index (χ1n) is 8.67. The minimum absolute atomic E-state index is 0.0561. The normalized spacial score (nSPS) is 21.6. The monoisotopic (exact) mass is 338 g/mol. The lowest BCUT2D eigenvalue weighted by atomic mass is 9.98. The average Bonchev–Trinajstić information content (AvgIpc) is 3.10. The molecule has 5 heteroatoms. The topological polar surface area (TPSA) is 62.8 Å². The van der Waals surface area contributed by atoms with Crippen LogP contribution in [0.2, 0.25) is 0 Å². The molecule has 3 N–H and O–H groups in total. The van der Waals surface area contributed by atoms with Gasteiger partial charge in [0.15, 0.2) is 11.5 Å². The van der Waals surface area contributed by atoms with E-state index in [1.807, 2.05) is 36.4 Å². The summed E-state index contributed by atoms with van der Waals surface area (Å²) in [6.45, 7) is 2.43. The Balaban J connectivity index is 1.70. The fourth-order valence-electron chi connectivity index (χ4n) is 3.33. The van der Waals surface area contributed by atoms with Crippen LogP contribution in [-0.4, -0.2) is 18.1 Å². The predicted octanol–water partition coefficient (Wildman–Crippen LogP) is 3.52. The molecule has 0 aliphatic carbocycles. The van der Waals surface area contributed by atoms with Gasteiger partial charge in [0.2, 0.25) is 6.79 Å². The van der Waals surface area contributed by atoms with Gasteiger partial charge in [0.25, 0.3) is 0 Å². The molecule has 0 aromatic heterocycles. The Hall–Kier alpha value is -2.66. The van der Waals surface area contributed by atoms with Gasteiger partial charge in [0.1, 0.15) is 5.75 Å². The third-order valence-corrected chi connectivity index (χ3v) is 4.58. The van der Waals surface area contributed by atoms with Crippen molar-refractivity contribution in [2.24, 2.45) is 0 Å². The first kappa shape index (κ1) is 15.8. The zero-order chi connectivity index (χ0) is 17.2. The van der Waals surface area contributed by atoms with E-state index in [0.717, 1.165) is 41.2 Å². The number of hydrogen-bond acceptors (Lipinski definition) is 5. The van der Waals surface area contributed by atoms with Crippen molar-refractivity contribution < 1.29 is 14.6 Å². The number of para-hydroxylation sites is 1. The molecule has 2 aromatic rings. The summed E-state index contributed by atoms with van der Waals surface area (Å²) in [5.41, 5.74) is 2.96. The van der Waals surface area contributed by atoms with Crippen molar-refractivity contribution in [1.29, 1.82) is 0 Å². The summed E-state index contributed by atoms with van der Waals surface area (Å²) < 4.78 is 10.9. The smallest absolute Gasteiger partial charge is 0.231 e. The first-order valence-corrected chi connectivity index (χ1v) is 8.67. The van der Waals surface area contributed by atoms with Crippen LogP contribution in [-0.2, 0) is 0 Å². The molecule has 5 nitrogen and oxygen atoms in total. The minimum atomic E-state index is -0.0561. The molecule has 0 bridgehead atoms. The molecule has 0 radical (unpaired) electrons. The first-order chi connectivity index (χ1) is 12.2. The zero-order valence-corrected chi connectivity index (χ0v) is 14.2. The van der Waals surface area contributed by atoms with E-state index in [2.05, 4.69) is 23.6 Å². The number of nitrogens with one attached hydrogen (secondary N) is 2. The molecule has 0 saturated heterocycles. The van der Waals surface area contributed by atoms with E-state index < -0.39 is 0 Å². The Morgan fingerprint density at radius 3 is 2.80 bits per heavy atom. The van der Waals surface area contributed by atoms with Gasteiger partial charge in [-0.3, -0.25) is 5.32 Å². The van der Waals surface area contributed by atoms with E-state index in [1.54, 1.807) is 6.07 Å². The molecule has 25 heavy (non-hydrogen) atoms. The second kappa shape index (κ2) is 6.69. The van der Waals surface area contributed by atoms with Gasteiger partial charge in [-0.15, -0.1) is 0 Å². The van der Waals surface area contributed by atoms with Crippen LogP contribution in [0.1, 0.15) is 36.9 Å². The Morgan fingerprint density at radius 2 is 1.96 bits per heavy atom. The predicted molar refractivity (Wildman–Crippen MR) is 96.4 cm³/mol. The number of phenols is 1. The number of hydrogen-bond donors (Lipinski definition) is 3. The van der Waals surface area contributed by atoms with Crippen molar-refractivity contribution in [3.05, 3.63) is 59.7 Å². The molecule has 4 rings (SSSR count). The van der Waals surface area contributed by atoms with Gasteiger partial charge >= 0.3 is 0 Å². The van der Waals surface area contributed by atoms with Crippen molar-refractivity contribution in [2.45, 2.75) is 32.0 Å². The van der Waals surface area contributed by atoms with Crippen molar-refractivity contribution in [3.63, 3.8) is 0 Å². The van der Waals surface area contributed by atoms with E-state index in [9.17, 15) is 5.11 Å². The van der Waals surface area contributed by atoms with E-state index >= 15 is 0 Å². The molecule has 2 aromatic carbocycles. The lowest BCUT2D eigenvalue weighted by Gasteiger charge is -2.33. The van der Waals surface area contributed by atoms with Crippen LogP contribution in [0.25, 0.3) is 5.70 Å². The average molecular weight is 338 g/mol. The number of benzene rings is 2. The van der Waals surface area contributed by atoms with Gasteiger partial charge in [-0.25, -0.2) is 0 Å². The van der Waals surface area contributed by atoms with Crippen molar-refractivity contribution in [2.75, 3.05) is 6.79 Å². The summed E-state index contributed by atoms with van der Waals surface area (Å²) in [4.78, 5) is 0. The van der Waals surface area contributed by atoms with E-state index in [1.165, 1.54) is 0 Å². The number of phenolic OH excluding ortho intramolecular Hbond substituents is 1. The summed E-state index contributed by atoms with van der Waals surface area (Å²) >= 11 is 0. The van der Waals surface area contributed by atoms with Gasteiger partial charge in [-0.2, -0.15) is 0 Å². The molecule has 2 unspecified atom stereocenters. The fourth-order valence-corrected chi connectivity index (χ4v) is 3.33. The molecular formula is C20H22N2O3. The summed E-state index contributed by atoms with van der Waals surface area (Å²) in [5, 5.41) is 17.3. The lowest BCUT2D eigenvalue weighted by molar-refractivity contribution is 0.174. The summed E-state index contributed by atoms with van der Waals surface area (Å²) in [6, 6.07) is 13.4. The molecule has 2 heterocycles. The lowest BCUT2D eigenvalue weighted by Crippen LogP contribution is -2.46. The number of ether oxygens (including phenoxy) is 2. The van der Waals surface area contributed by atoms with Crippen LogP contribution in [0.4, 0.5) is 0 Å². The highest BCUT2D eigenvalue weighted by atomic mass is 16.7. The number of aromatic hydroxyl groups is 1. The van der Waals surface area contributed by atoms with E-state index in [0.29, 0.717) is 5.75 Å². The molecule has 0 spiro atoms. The van der Waals surface area contributed by atoms with Crippen molar-refractivity contribution >= 4 is 5.70 Å². The molecule has 0 saturated carbocycles. The molecule has 2 aliphatic rings. The third-order valence-electron chi connectivity index (χ3n) is 4.58. The number of fused-ring (bicyclic) bond motifs is 1. The maximum atomic E-state index is 10.2. The standard InChI is InChI=1S/C20H22N2O3/c1-2-5-20-21-15(13-8-9-18-19(10-13)25-12-24-18)11-16(22-20)14-6-3-4-7-17(14)23/h3-4,6-11,16,20-23H,2,5,12H2,1H3. The van der Waals surface area contributed by atoms with Crippen LogP contribution in [0.5, 0.6) is 17.2 Å². The minimum Gasteiger partial charge on any atom is -0.508 e. The second-order valence-corrected chi connectivity index (χ2v) is 6.34.